The summed E-state index contributed by atoms with van der Waals surface area (Å²) in [6, 6.07) is 17.9. The largest absolute Gasteiger partial charge is 0.487 e. The van der Waals surface area contributed by atoms with Gasteiger partial charge >= 0.3 is 0 Å². The fraction of sp³-hybridized carbons (Fsp3) is 0.0833. The summed E-state index contributed by atoms with van der Waals surface area (Å²) in [5.74, 6) is 0.169. The van der Waals surface area contributed by atoms with Crippen molar-refractivity contribution in [3.05, 3.63) is 111 Å². The minimum Gasteiger partial charge on any atom is -0.487 e. The summed E-state index contributed by atoms with van der Waals surface area (Å²) in [7, 11) is 0. The molecule has 4 rings (SSSR count). The third-order valence-electron chi connectivity index (χ3n) is 4.71. The van der Waals surface area contributed by atoms with Crippen LogP contribution in [0.5, 0.6) is 5.75 Å². The Balaban J connectivity index is 1.38. The molecule has 4 aromatic rings. The van der Waals surface area contributed by atoms with Crippen LogP contribution in [0, 0.1) is 5.82 Å². The number of carbonyl (C=O) groups excluding carboxylic acids is 1. The van der Waals surface area contributed by atoms with E-state index in [4.69, 9.17) is 39.5 Å². The van der Waals surface area contributed by atoms with E-state index in [-0.39, 0.29) is 12.5 Å². The molecule has 0 aliphatic heterocycles. The molecule has 1 amide bonds. The molecule has 1 aromatic heterocycles. The number of aromatic nitrogens is 2. The van der Waals surface area contributed by atoms with Crippen LogP contribution < -0.4 is 10.1 Å². The van der Waals surface area contributed by atoms with Gasteiger partial charge in [-0.05, 0) is 53.6 Å². The maximum absolute atomic E-state index is 13.2. The second-order valence-electron chi connectivity index (χ2n) is 7.15. The Kier molecular flexibility index (Phi) is 7.18. The smallest absolute Gasteiger partial charge is 0.256 e. The molecular weight excluding hydrogens is 488 g/mol. The van der Waals surface area contributed by atoms with E-state index in [1.807, 2.05) is 6.07 Å². The molecule has 3 aromatic carbocycles. The standard InChI is InChI=1S/C24H17Cl3FN3O2/c25-18-5-7-22(21(27)11-18)33-14-15-2-1-3-16(10-15)24(32)29-23-8-9-31(30-23)13-17-4-6-19(28)12-20(17)26/h1-12H,13-14H2,(H,29,30,32). The van der Waals surface area contributed by atoms with Gasteiger partial charge in [0.15, 0.2) is 5.82 Å². The van der Waals surface area contributed by atoms with Crippen LogP contribution in [0.25, 0.3) is 0 Å². The average Bonchev–Trinajstić information content (AvgIpc) is 3.22. The first kappa shape index (κ1) is 23.1. The number of amides is 1. The monoisotopic (exact) mass is 503 g/mol. The molecule has 0 atom stereocenters. The maximum Gasteiger partial charge on any atom is 0.256 e. The number of anilines is 1. The Morgan fingerprint density at radius 2 is 1.85 bits per heavy atom. The van der Waals surface area contributed by atoms with Crippen molar-refractivity contribution in [2.24, 2.45) is 0 Å². The van der Waals surface area contributed by atoms with E-state index < -0.39 is 5.82 Å². The highest BCUT2D eigenvalue weighted by Crippen LogP contribution is 2.28. The van der Waals surface area contributed by atoms with Crippen molar-refractivity contribution in [3.63, 3.8) is 0 Å². The van der Waals surface area contributed by atoms with Gasteiger partial charge in [0.05, 0.1) is 11.6 Å². The normalized spacial score (nSPS) is 10.8. The molecular formula is C24H17Cl3FN3O2. The molecule has 0 fully saturated rings. The van der Waals surface area contributed by atoms with Crippen molar-refractivity contribution in [3.8, 4) is 5.75 Å². The van der Waals surface area contributed by atoms with Crippen molar-refractivity contribution in [1.82, 2.24) is 9.78 Å². The van der Waals surface area contributed by atoms with E-state index in [1.165, 1.54) is 12.1 Å². The quantitative estimate of drug-likeness (QED) is 0.299. The summed E-state index contributed by atoms with van der Waals surface area (Å²) in [6.07, 6.45) is 1.70. The van der Waals surface area contributed by atoms with Crippen molar-refractivity contribution in [2.75, 3.05) is 5.32 Å². The van der Waals surface area contributed by atoms with Crippen molar-refractivity contribution in [2.45, 2.75) is 13.2 Å². The molecule has 1 N–H and O–H groups in total. The third-order valence-corrected chi connectivity index (χ3v) is 5.59. The summed E-state index contributed by atoms with van der Waals surface area (Å²) in [5, 5.41) is 8.34. The van der Waals surface area contributed by atoms with E-state index >= 15 is 0 Å². The number of rotatable bonds is 7. The molecule has 0 unspecified atom stereocenters. The van der Waals surface area contributed by atoms with Gasteiger partial charge in [-0.25, -0.2) is 4.39 Å². The molecule has 0 saturated heterocycles. The van der Waals surface area contributed by atoms with Crippen LogP contribution >= 0.6 is 34.8 Å². The van der Waals surface area contributed by atoms with Gasteiger partial charge in [-0.15, -0.1) is 0 Å². The number of ether oxygens (including phenoxy) is 1. The summed E-state index contributed by atoms with van der Waals surface area (Å²) >= 11 is 18.1. The number of hydrogen-bond acceptors (Lipinski definition) is 3. The fourth-order valence-corrected chi connectivity index (χ4v) is 3.78. The number of halogens is 4. The maximum atomic E-state index is 13.2. The highest BCUT2D eigenvalue weighted by molar-refractivity contribution is 6.35. The zero-order valence-electron chi connectivity index (χ0n) is 17.1. The van der Waals surface area contributed by atoms with E-state index in [0.717, 1.165) is 5.56 Å². The highest BCUT2D eigenvalue weighted by atomic mass is 35.5. The van der Waals surface area contributed by atoms with Gasteiger partial charge in [-0.3, -0.25) is 9.48 Å². The van der Waals surface area contributed by atoms with Crippen LogP contribution in [0.2, 0.25) is 15.1 Å². The molecule has 0 spiro atoms. The van der Waals surface area contributed by atoms with Crippen molar-refractivity contribution < 1.29 is 13.9 Å². The van der Waals surface area contributed by atoms with Gasteiger partial charge in [-0.2, -0.15) is 5.10 Å². The summed E-state index contributed by atoms with van der Waals surface area (Å²) in [6.45, 7) is 0.574. The number of hydrogen-bond donors (Lipinski definition) is 1. The van der Waals surface area contributed by atoms with E-state index in [2.05, 4.69) is 10.4 Å². The second kappa shape index (κ2) is 10.3. The molecule has 1 heterocycles. The SMILES string of the molecule is O=C(Nc1ccn(Cc2ccc(F)cc2Cl)n1)c1cccc(COc2ccc(Cl)cc2Cl)c1. The molecule has 9 heteroatoms. The zero-order chi connectivity index (χ0) is 23.4. The van der Waals surface area contributed by atoms with E-state index in [0.29, 0.717) is 44.3 Å². The van der Waals surface area contributed by atoms with Crippen LogP contribution in [-0.4, -0.2) is 15.7 Å². The third kappa shape index (κ3) is 6.05. The summed E-state index contributed by atoms with van der Waals surface area (Å²) in [4.78, 5) is 12.7. The minimum absolute atomic E-state index is 0.232. The minimum atomic E-state index is -0.402. The summed E-state index contributed by atoms with van der Waals surface area (Å²) in [5.41, 5.74) is 1.96. The van der Waals surface area contributed by atoms with E-state index in [9.17, 15) is 9.18 Å². The number of carbonyl (C=O) groups is 1. The Hall–Kier alpha value is -3.06. The lowest BCUT2D eigenvalue weighted by Gasteiger charge is -2.09. The first-order valence-electron chi connectivity index (χ1n) is 9.83. The Bertz CT molecular complexity index is 1310. The van der Waals surface area contributed by atoms with Gasteiger partial charge in [0.2, 0.25) is 0 Å². The Morgan fingerprint density at radius 1 is 1.00 bits per heavy atom. The predicted molar refractivity (Wildman–Crippen MR) is 128 cm³/mol. The zero-order valence-corrected chi connectivity index (χ0v) is 19.3. The van der Waals surface area contributed by atoms with Crippen LogP contribution in [0.1, 0.15) is 21.5 Å². The van der Waals surface area contributed by atoms with Crippen molar-refractivity contribution in [1.29, 1.82) is 0 Å². The van der Waals surface area contributed by atoms with E-state index in [1.54, 1.807) is 59.4 Å². The topological polar surface area (TPSA) is 56.2 Å². The number of nitrogens with zero attached hydrogens (tertiary/aromatic N) is 2. The van der Waals surface area contributed by atoms with Gasteiger partial charge in [0.25, 0.3) is 5.91 Å². The summed E-state index contributed by atoms with van der Waals surface area (Å²) < 4.78 is 20.6. The van der Waals surface area contributed by atoms with Crippen LogP contribution in [0.3, 0.4) is 0 Å². The van der Waals surface area contributed by atoms with Crippen molar-refractivity contribution >= 4 is 46.5 Å². The lowest BCUT2D eigenvalue weighted by molar-refractivity contribution is 0.102. The molecule has 0 saturated carbocycles. The lowest BCUT2D eigenvalue weighted by Crippen LogP contribution is -2.13. The van der Waals surface area contributed by atoms with Gasteiger partial charge in [-0.1, -0.05) is 53.0 Å². The molecule has 0 aliphatic rings. The highest BCUT2D eigenvalue weighted by Gasteiger charge is 2.11. The number of benzene rings is 3. The molecule has 168 valence electrons. The molecule has 5 nitrogen and oxygen atoms in total. The lowest BCUT2D eigenvalue weighted by atomic mass is 10.1. The van der Waals surface area contributed by atoms with Crippen LogP contribution in [-0.2, 0) is 13.2 Å². The van der Waals surface area contributed by atoms with Gasteiger partial charge < -0.3 is 10.1 Å². The van der Waals surface area contributed by atoms with Crippen LogP contribution in [0.15, 0.2) is 72.9 Å². The Labute approximate surface area is 204 Å². The first-order chi connectivity index (χ1) is 15.9. The first-order valence-corrected chi connectivity index (χ1v) is 11.0. The second-order valence-corrected chi connectivity index (χ2v) is 8.40. The van der Waals surface area contributed by atoms with Gasteiger partial charge in [0, 0.05) is 27.9 Å². The fourth-order valence-electron chi connectivity index (χ4n) is 3.09. The van der Waals surface area contributed by atoms with Crippen LogP contribution in [0.4, 0.5) is 10.2 Å². The molecule has 0 bridgehead atoms. The van der Waals surface area contributed by atoms with Gasteiger partial charge in [0.1, 0.15) is 18.2 Å². The molecule has 33 heavy (non-hydrogen) atoms. The molecule has 0 aliphatic carbocycles. The predicted octanol–water partition coefficient (Wildman–Crippen LogP) is 6.86. The average molecular weight is 505 g/mol. The Morgan fingerprint density at radius 3 is 2.64 bits per heavy atom. The number of nitrogens with one attached hydrogen (secondary N) is 1. The molecule has 0 radical (unpaired) electrons.